The van der Waals surface area contributed by atoms with Crippen LogP contribution in [0.2, 0.25) is 0 Å². The number of nitrogens with zero attached hydrogens (tertiary/aromatic N) is 3. The number of fused-ring (bicyclic) bond motifs is 1. The molecule has 0 saturated carbocycles. The van der Waals surface area contributed by atoms with Crippen molar-refractivity contribution in [2.24, 2.45) is 0 Å². The van der Waals surface area contributed by atoms with Gasteiger partial charge < -0.3 is 9.30 Å². The molecule has 3 rings (SSSR count). The SMILES string of the molecule is CCCCCn1c(C)cc(=O)n2cc(-c3ccc(C=O)cc3)nc12.CCOC. The van der Waals surface area contributed by atoms with Crippen LogP contribution in [-0.4, -0.2) is 34.0 Å². The largest absolute Gasteiger partial charge is 0.385 e. The van der Waals surface area contributed by atoms with E-state index in [1.807, 2.05) is 26.0 Å². The molecule has 6 nitrogen and oxygen atoms in total. The second-order valence-corrected chi connectivity index (χ2v) is 6.60. The minimum atomic E-state index is -0.0718. The third kappa shape index (κ3) is 5.16. The summed E-state index contributed by atoms with van der Waals surface area (Å²) in [6.45, 7) is 7.75. The van der Waals surface area contributed by atoms with Gasteiger partial charge in [0.15, 0.2) is 0 Å². The fraction of sp³-hybridized carbons (Fsp3) is 0.409. The maximum Gasteiger partial charge on any atom is 0.259 e. The number of hydrogen-bond donors (Lipinski definition) is 0. The van der Waals surface area contributed by atoms with Crippen molar-refractivity contribution in [1.82, 2.24) is 14.0 Å². The first-order valence-corrected chi connectivity index (χ1v) is 9.69. The van der Waals surface area contributed by atoms with Crippen molar-refractivity contribution < 1.29 is 9.53 Å². The molecular formula is C22H29N3O3. The first kappa shape index (κ1) is 21.6. The maximum absolute atomic E-state index is 12.3. The Labute approximate surface area is 165 Å². The molecule has 2 heterocycles. The Hall–Kier alpha value is -2.73. The van der Waals surface area contributed by atoms with Crippen LogP contribution in [0.25, 0.3) is 17.0 Å². The summed E-state index contributed by atoms with van der Waals surface area (Å²) in [5.41, 5.74) is 3.10. The van der Waals surface area contributed by atoms with E-state index in [-0.39, 0.29) is 5.56 Å². The average molecular weight is 383 g/mol. The van der Waals surface area contributed by atoms with Gasteiger partial charge in [0.25, 0.3) is 5.56 Å². The van der Waals surface area contributed by atoms with Gasteiger partial charge in [-0.05, 0) is 20.3 Å². The summed E-state index contributed by atoms with van der Waals surface area (Å²) >= 11 is 0. The molecule has 0 saturated heterocycles. The molecule has 0 spiro atoms. The van der Waals surface area contributed by atoms with Crippen LogP contribution in [0, 0.1) is 6.92 Å². The van der Waals surface area contributed by atoms with E-state index < -0.39 is 0 Å². The summed E-state index contributed by atoms with van der Waals surface area (Å²) < 4.78 is 8.24. The van der Waals surface area contributed by atoms with Gasteiger partial charge in [0.1, 0.15) is 6.29 Å². The van der Waals surface area contributed by atoms with Crippen LogP contribution in [0.4, 0.5) is 0 Å². The number of carbonyl (C=O) groups is 1. The zero-order chi connectivity index (χ0) is 20.5. The fourth-order valence-electron chi connectivity index (χ4n) is 2.87. The van der Waals surface area contributed by atoms with Gasteiger partial charge in [-0.25, -0.2) is 4.98 Å². The van der Waals surface area contributed by atoms with Gasteiger partial charge in [0.05, 0.1) is 5.69 Å². The molecule has 2 aromatic heterocycles. The number of rotatable bonds is 7. The molecule has 28 heavy (non-hydrogen) atoms. The normalized spacial score (nSPS) is 10.6. The van der Waals surface area contributed by atoms with E-state index in [1.165, 1.54) is 0 Å². The summed E-state index contributed by atoms with van der Waals surface area (Å²) in [6.07, 6.45) is 5.94. The quantitative estimate of drug-likeness (QED) is 0.455. The molecule has 0 unspecified atom stereocenters. The number of carbonyl (C=O) groups excluding carboxylic acids is 1. The first-order chi connectivity index (χ1) is 13.5. The standard InChI is InChI=1S/C19H21N3O2.C3H8O/c1-3-4-5-10-21-14(2)11-18(24)22-12-17(20-19(21)22)16-8-6-15(13-23)7-9-16;1-3-4-2/h6-9,11-13H,3-5,10H2,1-2H3;3H2,1-2H3. The van der Waals surface area contributed by atoms with E-state index >= 15 is 0 Å². The number of ether oxygens (including phenoxy) is 1. The summed E-state index contributed by atoms with van der Waals surface area (Å²) in [7, 11) is 1.68. The minimum absolute atomic E-state index is 0.0718. The number of unbranched alkanes of at least 4 members (excludes halogenated alkanes) is 2. The van der Waals surface area contributed by atoms with E-state index in [0.717, 1.165) is 55.7 Å². The summed E-state index contributed by atoms with van der Waals surface area (Å²) in [4.78, 5) is 27.7. The molecule has 0 N–H and O–H groups in total. The third-order valence-corrected chi connectivity index (χ3v) is 4.54. The molecule has 1 aromatic carbocycles. The molecule has 0 atom stereocenters. The number of benzene rings is 1. The van der Waals surface area contributed by atoms with E-state index in [2.05, 4.69) is 21.2 Å². The lowest BCUT2D eigenvalue weighted by molar-refractivity contribution is 0.112. The molecule has 0 aliphatic heterocycles. The molecule has 0 radical (unpaired) electrons. The zero-order valence-electron chi connectivity index (χ0n) is 17.1. The molecular weight excluding hydrogens is 354 g/mol. The van der Waals surface area contributed by atoms with Crippen molar-refractivity contribution in [1.29, 1.82) is 0 Å². The van der Waals surface area contributed by atoms with Gasteiger partial charge in [-0.1, -0.05) is 44.0 Å². The van der Waals surface area contributed by atoms with Gasteiger partial charge >= 0.3 is 0 Å². The number of imidazole rings is 1. The highest BCUT2D eigenvalue weighted by molar-refractivity contribution is 5.76. The second-order valence-electron chi connectivity index (χ2n) is 6.60. The van der Waals surface area contributed by atoms with E-state index in [4.69, 9.17) is 0 Å². The van der Waals surface area contributed by atoms with Crippen molar-refractivity contribution in [3.05, 3.63) is 58.1 Å². The number of aromatic nitrogens is 3. The number of aldehydes is 1. The minimum Gasteiger partial charge on any atom is -0.385 e. The van der Waals surface area contributed by atoms with Crippen molar-refractivity contribution in [2.45, 2.75) is 46.6 Å². The topological polar surface area (TPSA) is 65.6 Å². The summed E-state index contributed by atoms with van der Waals surface area (Å²) in [5, 5.41) is 0. The highest BCUT2D eigenvalue weighted by atomic mass is 16.5. The molecule has 0 bridgehead atoms. The van der Waals surface area contributed by atoms with Crippen LogP contribution < -0.4 is 5.56 Å². The highest BCUT2D eigenvalue weighted by Crippen LogP contribution is 2.19. The smallest absolute Gasteiger partial charge is 0.259 e. The lowest BCUT2D eigenvalue weighted by Crippen LogP contribution is -2.18. The van der Waals surface area contributed by atoms with Crippen molar-refractivity contribution >= 4 is 12.1 Å². The van der Waals surface area contributed by atoms with E-state index in [0.29, 0.717) is 11.3 Å². The van der Waals surface area contributed by atoms with Gasteiger partial charge in [0.2, 0.25) is 5.78 Å². The Morgan fingerprint density at radius 1 is 1.14 bits per heavy atom. The first-order valence-electron chi connectivity index (χ1n) is 9.69. The Balaban J connectivity index is 0.000000640. The van der Waals surface area contributed by atoms with Crippen LogP contribution in [-0.2, 0) is 11.3 Å². The molecule has 150 valence electrons. The van der Waals surface area contributed by atoms with Crippen molar-refractivity contribution in [3.8, 4) is 11.3 Å². The third-order valence-electron chi connectivity index (χ3n) is 4.54. The Morgan fingerprint density at radius 2 is 1.82 bits per heavy atom. The molecule has 0 aliphatic carbocycles. The summed E-state index contributed by atoms with van der Waals surface area (Å²) in [5.74, 6) is 0.672. The van der Waals surface area contributed by atoms with Crippen LogP contribution in [0.15, 0.2) is 41.3 Å². The number of hydrogen-bond acceptors (Lipinski definition) is 4. The van der Waals surface area contributed by atoms with Crippen molar-refractivity contribution in [3.63, 3.8) is 0 Å². The predicted molar refractivity (Wildman–Crippen MR) is 112 cm³/mol. The molecule has 0 fully saturated rings. The Morgan fingerprint density at radius 3 is 2.39 bits per heavy atom. The Bertz CT molecular complexity index is 954. The van der Waals surface area contributed by atoms with Gasteiger partial charge in [-0.3, -0.25) is 14.0 Å². The molecule has 6 heteroatoms. The van der Waals surface area contributed by atoms with Gasteiger partial charge in [-0.2, -0.15) is 0 Å². The van der Waals surface area contributed by atoms with E-state index in [1.54, 1.807) is 35.9 Å². The molecule has 0 aliphatic rings. The highest BCUT2D eigenvalue weighted by Gasteiger charge is 2.11. The summed E-state index contributed by atoms with van der Waals surface area (Å²) in [6, 6.07) is 8.87. The number of aryl methyl sites for hydroxylation is 2. The van der Waals surface area contributed by atoms with Crippen LogP contribution >= 0.6 is 0 Å². The van der Waals surface area contributed by atoms with Crippen LogP contribution in [0.1, 0.15) is 49.2 Å². The van der Waals surface area contributed by atoms with Crippen molar-refractivity contribution in [2.75, 3.05) is 13.7 Å². The lowest BCUT2D eigenvalue weighted by Gasteiger charge is -2.11. The van der Waals surface area contributed by atoms with Crippen LogP contribution in [0.3, 0.4) is 0 Å². The average Bonchev–Trinajstić information content (AvgIpc) is 3.16. The molecule has 3 aromatic rings. The maximum atomic E-state index is 12.3. The second kappa shape index (κ2) is 10.6. The molecule has 0 amide bonds. The van der Waals surface area contributed by atoms with Gasteiger partial charge in [-0.15, -0.1) is 0 Å². The number of methoxy groups -OCH3 is 1. The fourth-order valence-corrected chi connectivity index (χ4v) is 2.87. The van der Waals surface area contributed by atoms with E-state index in [9.17, 15) is 9.59 Å². The monoisotopic (exact) mass is 383 g/mol. The van der Waals surface area contributed by atoms with Gasteiger partial charge in [0, 0.05) is 49.3 Å². The zero-order valence-corrected chi connectivity index (χ0v) is 17.1. The lowest BCUT2D eigenvalue weighted by atomic mass is 10.1. The Kier molecular flexibility index (Phi) is 8.14. The van der Waals surface area contributed by atoms with Crippen LogP contribution in [0.5, 0.6) is 0 Å². The predicted octanol–water partition coefficient (Wildman–Crippen LogP) is 4.13.